The van der Waals surface area contributed by atoms with Crippen LogP contribution < -0.4 is 4.72 Å². The van der Waals surface area contributed by atoms with E-state index in [2.05, 4.69) is 9.71 Å². The first-order chi connectivity index (χ1) is 14.8. The van der Waals surface area contributed by atoms with Crippen LogP contribution in [0.25, 0.3) is 22.0 Å². The van der Waals surface area contributed by atoms with Crippen molar-refractivity contribution in [1.29, 1.82) is 0 Å². The van der Waals surface area contributed by atoms with E-state index in [9.17, 15) is 13.2 Å². The number of anilines is 1. The Balaban J connectivity index is 1.76. The Bertz CT molecular complexity index is 1430. The van der Waals surface area contributed by atoms with E-state index in [4.69, 9.17) is 23.2 Å². The quantitative estimate of drug-likeness (QED) is 0.351. The van der Waals surface area contributed by atoms with Crippen LogP contribution in [-0.2, 0) is 10.0 Å². The van der Waals surface area contributed by atoms with E-state index in [0.717, 1.165) is 10.8 Å². The zero-order valence-electron chi connectivity index (χ0n) is 16.3. The van der Waals surface area contributed by atoms with Crippen LogP contribution in [0.3, 0.4) is 0 Å². The molecule has 156 valence electrons. The number of Topliss-reactive ketones (excluding diaryl/α,β-unsaturated/α-hetero) is 1. The molecule has 3 aromatic carbocycles. The standard InChI is InChI=1S/C23H16Cl2N2O3S/c1-14(28)16-6-9-22(21(25)12-16)27-31(29,30)17-7-8-20(24)19(13-17)23-18-5-3-2-4-15(18)10-11-26-23/h2-13,27H,1H3. The molecule has 0 spiro atoms. The maximum atomic E-state index is 13.0. The number of fused-ring (bicyclic) bond motifs is 1. The van der Waals surface area contributed by atoms with Crippen molar-refractivity contribution in [2.24, 2.45) is 0 Å². The second-order valence-corrected chi connectivity index (χ2v) is 9.38. The first-order valence-corrected chi connectivity index (χ1v) is 11.5. The summed E-state index contributed by atoms with van der Waals surface area (Å²) in [6, 6.07) is 18.3. The molecule has 0 unspecified atom stereocenters. The summed E-state index contributed by atoms with van der Waals surface area (Å²) in [5.41, 5.74) is 1.65. The highest BCUT2D eigenvalue weighted by Gasteiger charge is 2.19. The number of nitrogens with zero attached hydrogens (tertiary/aromatic N) is 1. The third kappa shape index (κ3) is 4.28. The van der Waals surface area contributed by atoms with Gasteiger partial charge in [0.2, 0.25) is 0 Å². The third-order valence-corrected chi connectivity index (χ3v) is 6.80. The van der Waals surface area contributed by atoms with Crippen LogP contribution in [0.15, 0.2) is 77.8 Å². The van der Waals surface area contributed by atoms with Crippen LogP contribution in [0.1, 0.15) is 17.3 Å². The summed E-state index contributed by atoms with van der Waals surface area (Å²) >= 11 is 12.6. The van der Waals surface area contributed by atoms with Gasteiger partial charge < -0.3 is 0 Å². The van der Waals surface area contributed by atoms with E-state index in [1.807, 2.05) is 30.3 Å². The van der Waals surface area contributed by atoms with Gasteiger partial charge in [0.1, 0.15) is 0 Å². The third-order valence-electron chi connectivity index (χ3n) is 4.80. The van der Waals surface area contributed by atoms with E-state index in [1.54, 1.807) is 6.20 Å². The number of hydrogen-bond donors (Lipinski definition) is 1. The Morgan fingerprint density at radius 1 is 0.935 bits per heavy atom. The number of carbonyl (C=O) groups is 1. The van der Waals surface area contributed by atoms with Crippen LogP contribution >= 0.6 is 23.2 Å². The van der Waals surface area contributed by atoms with Crippen LogP contribution in [0.5, 0.6) is 0 Å². The minimum Gasteiger partial charge on any atom is -0.295 e. The zero-order valence-corrected chi connectivity index (χ0v) is 18.6. The van der Waals surface area contributed by atoms with Gasteiger partial charge >= 0.3 is 0 Å². The highest BCUT2D eigenvalue weighted by molar-refractivity contribution is 7.92. The van der Waals surface area contributed by atoms with Gasteiger partial charge in [-0.05, 0) is 54.8 Å². The molecule has 0 aliphatic carbocycles. The molecule has 0 aliphatic rings. The van der Waals surface area contributed by atoms with Gasteiger partial charge in [-0.15, -0.1) is 0 Å². The van der Waals surface area contributed by atoms with Crippen molar-refractivity contribution >= 4 is 55.5 Å². The summed E-state index contributed by atoms with van der Waals surface area (Å²) < 4.78 is 28.5. The molecule has 4 aromatic rings. The molecule has 0 saturated heterocycles. The van der Waals surface area contributed by atoms with Gasteiger partial charge in [-0.3, -0.25) is 14.5 Å². The van der Waals surface area contributed by atoms with Gasteiger partial charge in [-0.1, -0.05) is 47.5 Å². The number of rotatable bonds is 5. The second-order valence-electron chi connectivity index (χ2n) is 6.88. The molecule has 0 saturated carbocycles. The van der Waals surface area contributed by atoms with Gasteiger partial charge in [0.05, 0.1) is 26.3 Å². The van der Waals surface area contributed by atoms with E-state index in [0.29, 0.717) is 21.8 Å². The van der Waals surface area contributed by atoms with Gasteiger partial charge in [0.25, 0.3) is 10.0 Å². The smallest absolute Gasteiger partial charge is 0.261 e. The molecule has 0 aliphatic heterocycles. The summed E-state index contributed by atoms with van der Waals surface area (Å²) in [6.45, 7) is 1.41. The molecule has 4 rings (SSSR count). The first-order valence-electron chi connectivity index (χ1n) is 9.23. The van der Waals surface area contributed by atoms with Crippen molar-refractivity contribution in [3.05, 3.63) is 88.5 Å². The molecule has 5 nitrogen and oxygen atoms in total. The highest BCUT2D eigenvalue weighted by Crippen LogP contribution is 2.34. The van der Waals surface area contributed by atoms with E-state index in [-0.39, 0.29) is 21.4 Å². The van der Waals surface area contributed by atoms with Crippen molar-refractivity contribution in [2.45, 2.75) is 11.8 Å². The lowest BCUT2D eigenvalue weighted by Crippen LogP contribution is -2.13. The fourth-order valence-electron chi connectivity index (χ4n) is 3.21. The Hall–Kier alpha value is -2.93. The monoisotopic (exact) mass is 470 g/mol. The number of aromatic nitrogens is 1. The SMILES string of the molecule is CC(=O)c1ccc(NS(=O)(=O)c2ccc(Cl)c(-c3nccc4ccccc34)c2)c(Cl)c1. The van der Waals surface area contributed by atoms with Crippen molar-refractivity contribution in [3.63, 3.8) is 0 Å². The van der Waals surface area contributed by atoms with Crippen LogP contribution in [-0.4, -0.2) is 19.2 Å². The summed E-state index contributed by atoms with van der Waals surface area (Å²) in [4.78, 5) is 15.9. The summed E-state index contributed by atoms with van der Waals surface area (Å²) in [5.74, 6) is -0.166. The molecule has 0 atom stereocenters. The average molecular weight is 471 g/mol. The van der Waals surface area contributed by atoms with E-state index in [1.165, 1.54) is 43.3 Å². The maximum Gasteiger partial charge on any atom is 0.261 e. The predicted molar refractivity (Wildman–Crippen MR) is 124 cm³/mol. The summed E-state index contributed by atoms with van der Waals surface area (Å²) in [7, 11) is -3.98. The van der Waals surface area contributed by atoms with Gasteiger partial charge in [0.15, 0.2) is 5.78 Å². The highest BCUT2D eigenvalue weighted by atomic mass is 35.5. The van der Waals surface area contributed by atoms with E-state index < -0.39 is 10.0 Å². The van der Waals surface area contributed by atoms with Crippen LogP contribution in [0, 0.1) is 0 Å². The summed E-state index contributed by atoms with van der Waals surface area (Å²) in [5, 5.41) is 2.33. The maximum absolute atomic E-state index is 13.0. The second kappa shape index (κ2) is 8.30. The molecule has 0 bridgehead atoms. The van der Waals surface area contributed by atoms with Crippen LogP contribution in [0.4, 0.5) is 5.69 Å². The van der Waals surface area contributed by atoms with Crippen molar-refractivity contribution in [1.82, 2.24) is 4.98 Å². The lowest BCUT2D eigenvalue weighted by molar-refractivity contribution is 0.101. The van der Waals surface area contributed by atoms with Gasteiger partial charge in [-0.2, -0.15) is 0 Å². The molecule has 1 heterocycles. The number of nitrogens with one attached hydrogen (secondary N) is 1. The number of sulfonamides is 1. The minimum absolute atomic E-state index is 0.00773. The normalized spacial score (nSPS) is 11.5. The topological polar surface area (TPSA) is 76.1 Å². The number of benzene rings is 3. The molecular weight excluding hydrogens is 455 g/mol. The fraction of sp³-hybridized carbons (Fsp3) is 0.0435. The minimum atomic E-state index is -3.98. The average Bonchev–Trinajstić information content (AvgIpc) is 2.75. The molecule has 0 fully saturated rings. The number of ketones is 1. The van der Waals surface area contributed by atoms with Crippen molar-refractivity contribution in [3.8, 4) is 11.3 Å². The molecule has 1 aromatic heterocycles. The number of carbonyl (C=O) groups excluding carboxylic acids is 1. The Kier molecular flexibility index (Phi) is 5.71. The molecule has 31 heavy (non-hydrogen) atoms. The van der Waals surface area contributed by atoms with E-state index >= 15 is 0 Å². The Morgan fingerprint density at radius 3 is 2.45 bits per heavy atom. The number of halogens is 2. The molecule has 8 heteroatoms. The molecule has 1 N–H and O–H groups in total. The van der Waals surface area contributed by atoms with Gasteiger partial charge in [0, 0.05) is 22.7 Å². The number of hydrogen-bond acceptors (Lipinski definition) is 4. The molecular formula is C23H16Cl2N2O3S. The molecule has 0 amide bonds. The van der Waals surface area contributed by atoms with Crippen molar-refractivity contribution in [2.75, 3.05) is 4.72 Å². The number of pyridine rings is 1. The molecule has 0 radical (unpaired) electrons. The largest absolute Gasteiger partial charge is 0.295 e. The van der Waals surface area contributed by atoms with Crippen LogP contribution in [0.2, 0.25) is 10.0 Å². The lowest BCUT2D eigenvalue weighted by Gasteiger charge is -2.13. The zero-order chi connectivity index (χ0) is 22.2. The Labute approximate surface area is 189 Å². The fourth-order valence-corrected chi connectivity index (χ4v) is 4.80. The predicted octanol–water partition coefficient (Wildman–Crippen LogP) is 6.21. The van der Waals surface area contributed by atoms with Gasteiger partial charge in [-0.25, -0.2) is 8.42 Å². The first kappa shape index (κ1) is 21.3. The van der Waals surface area contributed by atoms with Crippen molar-refractivity contribution < 1.29 is 13.2 Å². The Morgan fingerprint density at radius 2 is 1.71 bits per heavy atom. The summed E-state index contributed by atoms with van der Waals surface area (Å²) in [6.07, 6.45) is 1.66. The lowest BCUT2D eigenvalue weighted by atomic mass is 10.0.